The standard InChI is InChI=1S/C13H28N2O/c1-11-12(16-10-9-14(5)6)7-8-15(11)13(2,3)4/h11-12H,7-10H2,1-6H3/t11-,12-/m1/s1. The zero-order chi connectivity index (χ0) is 12.3. The second-order valence-electron chi connectivity index (χ2n) is 6.11. The summed E-state index contributed by atoms with van der Waals surface area (Å²) >= 11 is 0. The SMILES string of the molecule is C[C@@H]1[C@H](OCCN(C)C)CCN1C(C)(C)C. The third-order valence-electron chi connectivity index (χ3n) is 3.42. The molecule has 1 rings (SSSR count). The van der Waals surface area contributed by atoms with Crippen molar-refractivity contribution in [2.75, 3.05) is 33.8 Å². The molecule has 1 aliphatic rings. The Labute approximate surface area is 101 Å². The predicted molar refractivity (Wildman–Crippen MR) is 68.8 cm³/mol. The fourth-order valence-electron chi connectivity index (χ4n) is 2.47. The Kier molecular flexibility index (Phi) is 4.77. The molecule has 3 heteroatoms. The van der Waals surface area contributed by atoms with Gasteiger partial charge in [-0.2, -0.15) is 0 Å². The zero-order valence-corrected chi connectivity index (χ0v) is 11.8. The number of nitrogens with zero attached hydrogens (tertiary/aromatic N) is 2. The van der Waals surface area contributed by atoms with Gasteiger partial charge in [-0.3, -0.25) is 4.90 Å². The first-order valence-electron chi connectivity index (χ1n) is 6.35. The van der Waals surface area contributed by atoms with Gasteiger partial charge in [0.25, 0.3) is 0 Å². The van der Waals surface area contributed by atoms with Gasteiger partial charge in [0.15, 0.2) is 0 Å². The number of likely N-dealkylation sites (N-methyl/N-ethyl adjacent to an activating group) is 1. The molecule has 0 spiro atoms. The molecule has 0 amide bonds. The van der Waals surface area contributed by atoms with E-state index in [1.54, 1.807) is 0 Å². The van der Waals surface area contributed by atoms with E-state index in [-0.39, 0.29) is 5.54 Å². The van der Waals surface area contributed by atoms with Gasteiger partial charge in [0.05, 0.1) is 12.7 Å². The van der Waals surface area contributed by atoms with E-state index in [2.05, 4.69) is 51.6 Å². The quantitative estimate of drug-likeness (QED) is 0.730. The van der Waals surface area contributed by atoms with Gasteiger partial charge < -0.3 is 9.64 Å². The van der Waals surface area contributed by atoms with Crippen LogP contribution in [0.2, 0.25) is 0 Å². The van der Waals surface area contributed by atoms with Crippen LogP contribution in [0.1, 0.15) is 34.1 Å². The Bertz CT molecular complexity index is 210. The summed E-state index contributed by atoms with van der Waals surface area (Å²) in [6.45, 7) is 12.2. The molecule has 1 heterocycles. The van der Waals surface area contributed by atoms with Crippen molar-refractivity contribution in [3.63, 3.8) is 0 Å². The number of rotatable bonds is 4. The Balaban J connectivity index is 2.36. The van der Waals surface area contributed by atoms with Gasteiger partial charge in [0, 0.05) is 24.7 Å². The molecular weight excluding hydrogens is 200 g/mol. The van der Waals surface area contributed by atoms with Crippen LogP contribution in [0.5, 0.6) is 0 Å². The molecule has 0 N–H and O–H groups in total. The van der Waals surface area contributed by atoms with E-state index < -0.39 is 0 Å². The lowest BCUT2D eigenvalue weighted by molar-refractivity contribution is 0.00953. The van der Waals surface area contributed by atoms with Gasteiger partial charge >= 0.3 is 0 Å². The molecule has 2 atom stereocenters. The Morgan fingerprint density at radius 1 is 1.31 bits per heavy atom. The topological polar surface area (TPSA) is 15.7 Å². The number of hydrogen-bond acceptors (Lipinski definition) is 3. The van der Waals surface area contributed by atoms with Crippen LogP contribution in [0.15, 0.2) is 0 Å². The monoisotopic (exact) mass is 228 g/mol. The Hall–Kier alpha value is -0.120. The molecule has 0 aromatic rings. The van der Waals surface area contributed by atoms with Crippen molar-refractivity contribution in [3.8, 4) is 0 Å². The van der Waals surface area contributed by atoms with Crippen LogP contribution in [0.4, 0.5) is 0 Å². The van der Waals surface area contributed by atoms with Crippen molar-refractivity contribution in [2.24, 2.45) is 0 Å². The van der Waals surface area contributed by atoms with Crippen molar-refractivity contribution >= 4 is 0 Å². The van der Waals surface area contributed by atoms with Crippen molar-refractivity contribution < 1.29 is 4.74 Å². The van der Waals surface area contributed by atoms with Gasteiger partial charge in [-0.05, 0) is 48.2 Å². The second-order valence-corrected chi connectivity index (χ2v) is 6.11. The van der Waals surface area contributed by atoms with Crippen LogP contribution >= 0.6 is 0 Å². The van der Waals surface area contributed by atoms with E-state index in [1.807, 2.05) is 0 Å². The minimum Gasteiger partial charge on any atom is -0.375 e. The van der Waals surface area contributed by atoms with Crippen molar-refractivity contribution in [3.05, 3.63) is 0 Å². The molecule has 0 aliphatic carbocycles. The lowest BCUT2D eigenvalue weighted by Crippen LogP contribution is -2.46. The largest absolute Gasteiger partial charge is 0.375 e. The highest BCUT2D eigenvalue weighted by atomic mass is 16.5. The summed E-state index contributed by atoms with van der Waals surface area (Å²) in [5.74, 6) is 0. The fraction of sp³-hybridized carbons (Fsp3) is 1.00. The smallest absolute Gasteiger partial charge is 0.0740 e. The average molecular weight is 228 g/mol. The van der Waals surface area contributed by atoms with E-state index in [1.165, 1.54) is 6.42 Å². The van der Waals surface area contributed by atoms with Crippen molar-refractivity contribution in [2.45, 2.75) is 51.8 Å². The molecule has 0 saturated carbocycles. The molecule has 1 aliphatic heterocycles. The van der Waals surface area contributed by atoms with Crippen molar-refractivity contribution in [1.29, 1.82) is 0 Å². The first kappa shape index (κ1) is 13.9. The summed E-state index contributed by atoms with van der Waals surface area (Å²) in [4.78, 5) is 4.72. The maximum Gasteiger partial charge on any atom is 0.0740 e. The molecule has 0 aromatic heterocycles. The molecule has 3 nitrogen and oxygen atoms in total. The highest BCUT2D eigenvalue weighted by molar-refractivity contribution is 4.91. The summed E-state index contributed by atoms with van der Waals surface area (Å²) in [5.41, 5.74) is 0.263. The van der Waals surface area contributed by atoms with Crippen LogP contribution in [-0.2, 0) is 4.74 Å². The lowest BCUT2D eigenvalue weighted by atomic mass is 10.0. The summed E-state index contributed by atoms with van der Waals surface area (Å²) in [5, 5.41) is 0. The van der Waals surface area contributed by atoms with Crippen LogP contribution in [0.25, 0.3) is 0 Å². The summed E-state index contributed by atoms with van der Waals surface area (Å²) in [7, 11) is 4.17. The summed E-state index contributed by atoms with van der Waals surface area (Å²) in [6, 6.07) is 0.544. The second kappa shape index (κ2) is 5.48. The highest BCUT2D eigenvalue weighted by Gasteiger charge is 2.37. The van der Waals surface area contributed by atoms with Gasteiger partial charge in [0.1, 0.15) is 0 Å². The predicted octanol–water partition coefficient (Wildman–Crippen LogP) is 1.83. The van der Waals surface area contributed by atoms with Crippen molar-refractivity contribution in [1.82, 2.24) is 9.80 Å². The summed E-state index contributed by atoms with van der Waals surface area (Å²) < 4.78 is 5.97. The molecule has 0 radical (unpaired) electrons. The molecule has 0 bridgehead atoms. The van der Waals surface area contributed by atoms with Gasteiger partial charge in [-0.15, -0.1) is 0 Å². The average Bonchev–Trinajstić information content (AvgIpc) is 2.46. The van der Waals surface area contributed by atoms with E-state index in [9.17, 15) is 0 Å². The number of ether oxygens (including phenoxy) is 1. The van der Waals surface area contributed by atoms with Gasteiger partial charge in [0.2, 0.25) is 0 Å². The van der Waals surface area contributed by atoms with E-state index >= 15 is 0 Å². The first-order chi connectivity index (χ1) is 7.32. The molecule has 0 aromatic carbocycles. The fourth-order valence-corrected chi connectivity index (χ4v) is 2.47. The van der Waals surface area contributed by atoms with Gasteiger partial charge in [-0.25, -0.2) is 0 Å². The third kappa shape index (κ3) is 3.72. The molecule has 1 saturated heterocycles. The molecule has 96 valence electrons. The Morgan fingerprint density at radius 3 is 2.38 bits per heavy atom. The maximum absolute atomic E-state index is 5.97. The number of likely N-dealkylation sites (tertiary alicyclic amines) is 1. The van der Waals surface area contributed by atoms with Crippen LogP contribution < -0.4 is 0 Å². The lowest BCUT2D eigenvalue weighted by Gasteiger charge is -2.36. The van der Waals surface area contributed by atoms with Crippen LogP contribution in [0, 0.1) is 0 Å². The first-order valence-corrected chi connectivity index (χ1v) is 6.35. The minimum absolute atomic E-state index is 0.263. The van der Waals surface area contributed by atoms with E-state index in [0.717, 1.165) is 19.7 Å². The highest BCUT2D eigenvalue weighted by Crippen LogP contribution is 2.28. The normalized spacial score (nSPS) is 27.9. The molecule has 1 fully saturated rings. The van der Waals surface area contributed by atoms with E-state index in [0.29, 0.717) is 12.1 Å². The maximum atomic E-state index is 5.97. The van der Waals surface area contributed by atoms with Crippen LogP contribution in [0.3, 0.4) is 0 Å². The minimum atomic E-state index is 0.263. The third-order valence-corrected chi connectivity index (χ3v) is 3.42. The summed E-state index contributed by atoms with van der Waals surface area (Å²) in [6.07, 6.45) is 1.59. The van der Waals surface area contributed by atoms with Gasteiger partial charge in [-0.1, -0.05) is 0 Å². The molecule has 0 unspecified atom stereocenters. The van der Waals surface area contributed by atoms with E-state index in [4.69, 9.17) is 4.74 Å². The van der Waals surface area contributed by atoms with Crippen LogP contribution in [-0.4, -0.2) is 61.3 Å². The Morgan fingerprint density at radius 2 is 1.94 bits per heavy atom. The molecule has 16 heavy (non-hydrogen) atoms. The zero-order valence-electron chi connectivity index (χ0n) is 11.8. The molecular formula is C13H28N2O. The number of hydrogen-bond donors (Lipinski definition) is 0.